The van der Waals surface area contributed by atoms with Gasteiger partial charge in [-0.05, 0) is 19.9 Å². The fraction of sp³-hybridized carbons (Fsp3) is 1.00. The Morgan fingerprint density at radius 2 is 1.94 bits per heavy atom. The third kappa shape index (κ3) is 5.80. The van der Waals surface area contributed by atoms with Gasteiger partial charge in [0.15, 0.2) is 6.29 Å². The van der Waals surface area contributed by atoms with Crippen LogP contribution in [0.4, 0.5) is 0 Å². The maximum atomic E-state index is 5.52. The predicted molar refractivity (Wildman–Crippen MR) is 63.5 cm³/mol. The number of rotatable bonds is 8. The van der Waals surface area contributed by atoms with E-state index in [9.17, 15) is 0 Å². The van der Waals surface area contributed by atoms with Crippen molar-refractivity contribution in [1.29, 1.82) is 0 Å². The van der Waals surface area contributed by atoms with Gasteiger partial charge in [0.25, 0.3) is 0 Å². The first kappa shape index (κ1) is 13.9. The van der Waals surface area contributed by atoms with Crippen LogP contribution >= 0.6 is 0 Å². The molecule has 1 aliphatic heterocycles. The van der Waals surface area contributed by atoms with Crippen molar-refractivity contribution < 1.29 is 14.2 Å². The molecule has 0 spiro atoms. The van der Waals surface area contributed by atoms with E-state index in [2.05, 4.69) is 11.8 Å². The molecule has 0 aromatic carbocycles. The molecule has 1 aliphatic rings. The Hall–Kier alpha value is -0.160. The molecular weight excluding hydrogens is 206 g/mol. The summed E-state index contributed by atoms with van der Waals surface area (Å²) in [6, 6.07) is 0. The van der Waals surface area contributed by atoms with Crippen molar-refractivity contribution in [3.63, 3.8) is 0 Å². The molecule has 1 fully saturated rings. The second-order valence-corrected chi connectivity index (χ2v) is 3.94. The lowest BCUT2D eigenvalue weighted by molar-refractivity contribution is -0.182. The van der Waals surface area contributed by atoms with Crippen LogP contribution in [0.5, 0.6) is 0 Å². The average Bonchev–Trinajstić information content (AvgIpc) is 2.35. The SMILES string of the molecule is CCOCCN(CC)CCC1OCCCO1. The van der Waals surface area contributed by atoms with Crippen LogP contribution in [0.3, 0.4) is 0 Å². The first-order valence-electron chi connectivity index (χ1n) is 6.40. The van der Waals surface area contributed by atoms with Crippen molar-refractivity contribution >= 4 is 0 Å². The maximum absolute atomic E-state index is 5.52. The van der Waals surface area contributed by atoms with E-state index < -0.39 is 0 Å². The van der Waals surface area contributed by atoms with Crippen molar-refractivity contribution in [2.24, 2.45) is 0 Å². The second kappa shape index (κ2) is 8.93. The zero-order chi connectivity index (χ0) is 11.6. The van der Waals surface area contributed by atoms with Crippen LogP contribution < -0.4 is 0 Å². The molecule has 16 heavy (non-hydrogen) atoms. The number of hydrogen-bond donors (Lipinski definition) is 0. The summed E-state index contributed by atoms with van der Waals surface area (Å²) < 4.78 is 16.4. The van der Waals surface area contributed by atoms with Crippen molar-refractivity contribution in [3.05, 3.63) is 0 Å². The molecule has 0 N–H and O–H groups in total. The van der Waals surface area contributed by atoms with Crippen LogP contribution in [0.2, 0.25) is 0 Å². The summed E-state index contributed by atoms with van der Waals surface area (Å²) in [5.41, 5.74) is 0. The maximum Gasteiger partial charge on any atom is 0.158 e. The van der Waals surface area contributed by atoms with Crippen molar-refractivity contribution in [2.75, 3.05) is 46.1 Å². The lowest BCUT2D eigenvalue weighted by atomic mass is 10.3. The third-order valence-electron chi connectivity index (χ3n) is 2.78. The van der Waals surface area contributed by atoms with Gasteiger partial charge in [0.1, 0.15) is 0 Å². The normalized spacial score (nSPS) is 18.2. The number of likely N-dealkylation sites (N-methyl/N-ethyl adjacent to an activating group) is 1. The molecule has 1 saturated heterocycles. The molecule has 0 unspecified atom stereocenters. The highest BCUT2D eigenvalue weighted by Crippen LogP contribution is 2.09. The van der Waals surface area contributed by atoms with E-state index in [0.29, 0.717) is 0 Å². The van der Waals surface area contributed by atoms with Crippen molar-refractivity contribution in [2.45, 2.75) is 33.0 Å². The lowest BCUT2D eigenvalue weighted by Gasteiger charge is -2.26. The Bertz CT molecular complexity index is 160. The molecule has 0 aromatic heterocycles. The highest BCUT2D eigenvalue weighted by atomic mass is 16.7. The molecule has 0 amide bonds. The van der Waals surface area contributed by atoms with E-state index in [4.69, 9.17) is 14.2 Å². The Morgan fingerprint density at radius 3 is 2.56 bits per heavy atom. The molecule has 4 nitrogen and oxygen atoms in total. The smallest absolute Gasteiger partial charge is 0.158 e. The van der Waals surface area contributed by atoms with Crippen LogP contribution in [0.25, 0.3) is 0 Å². The Kier molecular flexibility index (Phi) is 7.76. The van der Waals surface area contributed by atoms with E-state index in [0.717, 1.165) is 58.9 Å². The van der Waals surface area contributed by atoms with E-state index in [1.807, 2.05) is 6.92 Å². The van der Waals surface area contributed by atoms with Gasteiger partial charge >= 0.3 is 0 Å². The second-order valence-electron chi connectivity index (χ2n) is 3.94. The molecule has 0 atom stereocenters. The van der Waals surface area contributed by atoms with Gasteiger partial charge in [0.05, 0.1) is 19.8 Å². The molecule has 0 saturated carbocycles. The highest BCUT2D eigenvalue weighted by molar-refractivity contribution is 4.59. The Labute approximate surface area is 98.8 Å². The molecule has 0 radical (unpaired) electrons. The van der Waals surface area contributed by atoms with Gasteiger partial charge < -0.3 is 19.1 Å². The molecule has 0 aromatic rings. The zero-order valence-electron chi connectivity index (χ0n) is 10.6. The number of hydrogen-bond acceptors (Lipinski definition) is 4. The van der Waals surface area contributed by atoms with E-state index in [1.165, 1.54) is 0 Å². The summed E-state index contributed by atoms with van der Waals surface area (Å²) in [7, 11) is 0. The van der Waals surface area contributed by atoms with Crippen LogP contribution in [0.1, 0.15) is 26.7 Å². The quantitative estimate of drug-likeness (QED) is 0.592. The Balaban J connectivity index is 2.07. The van der Waals surface area contributed by atoms with Gasteiger partial charge in [-0.2, -0.15) is 0 Å². The van der Waals surface area contributed by atoms with Crippen molar-refractivity contribution in [3.8, 4) is 0 Å². The van der Waals surface area contributed by atoms with E-state index in [-0.39, 0.29) is 6.29 Å². The van der Waals surface area contributed by atoms with Gasteiger partial charge in [0.2, 0.25) is 0 Å². The summed E-state index contributed by atoms with van der Waals surface area (Å²) in [6.45, 7) is 10.6. The highest BCUT2D eigenvalue weighted by Gasteiger charge is 2.15. The molecule has 96 valence electrons. The Morgan fingerprint density at radius 1 is 1.19 bits per heavy atom. The fourth-order valence-corrected chi connectivity index (χ4v) is 1.76. The molecule has 4 heteroatoms. The van der Waals surface area contributed by atoms with Crippen LogP contribution in [-0.2, 0) is 14.2 Å². The first-order chi connectivity index (χ1) is 7.86. The zero-order valence-corrected chi connectivity index (χ0v) is 10.6. The number of ether oxygens (including phenoxy) is 3. The van der Waals surface area contributed by atoms with Gasteiger partial charge in [-0.3, -0.25) is 0 Å². The third-order valence-corrected chi connectivity index (χ3v) is 2.78. The minimum Gasteiger partial charge on any atom is -0.380 e. The minimum absolute atomic E-state index is 0.00916. The monoisotopic (exact) mass is 231 g/mol. The van der Waals surface area contributed by atoms with Gasteiger partial charge in [-0.15, -0.1) is 0 Å². The summed E-state index contributed by atoms with van der Waals surface area (Å²) >= 11 is 0. The van der Waals surface area contributed by atoms with Gasteiger partial charge in [-0.1, -0.05) is 6.92 Å². The van der Waals surface area contributed by atoms with Gasteiger partial charge in [0, 0.05) is 26.1 Å². The van der Waals surface area contributed by atoms with E-state index in [1.54, 1.807) is 0 Å². The van der Waals surface area contributed by atoms with Crippen molar-refractivity contribution in [1.82, 2.24) is 4.90 Å². The minimum atomic E-state index is 0.00916. The molecule has 0 bridgehead atoms. The van der Waals surface area contributed by atoms with Gasteiger partial charge in [-0.25, -0.2) is 0 Å². The largest absolute Gasteiger partial charge is 0.380 e. The molecule has 1 heterocycles. The summed E-state index contributed by atoms with van der Waals surface area (Å²) in [5.74, 6) is 0. The fourth-order valence-electron chi connectivity index (χ4n) is 1.76. The summed E-state index contributed by atoms with van der Waals surface area (Å²) in [6.07, 6.45) is 1.99. The lowest BCUT2D eigenvalue weighted by Crippen LogP contribution is -2.33. The molecular formula is C12H25NO3. The van der Waals surface area contributed by atoms with Crippen LogP contribution in [0, 0.1) is 0 Å². The van der Waals surface area contributed by atoms with Crippen LogP contribution in [0.15, 0.2) is 0 Å². The first-order valence-corrected chi connectivity index (χ1v) is 6.40. The topological polar surface area (TPSA) is 30.9 Å². The summed E-state index contributed by atoms with van der Waals surface area (Å²) in [4.78, 5) is 2.37. The summed E-state index contributed by atoms with van der Waals surface area (Å²) in [5, 5.41) is 0. The standard InChI is InChI=1S/C12H25NO3/c1-3-13(8-11-14-4-2)7-6-12-15-9-5-10-16-12/h12H,3-11H2,1-2H3. The molecule has 1 rings (SSSR count). The number of nitrogens with zero attached hydrogens (tertiary/aromatic N) is 1. The van der Waals surface area contributed by atoms with Crippen LogP contribution in [-0.4, -0.2) is 57.3 Å². The molecule has 0 aliphatic carbocycles. The average molecular weight is 231 g/mol. The van der Waals surface area contributed by atoms with E-state index >= 15 is 0 Å². The predicted octanol–water partition coefficient (Wildman–Crippen LogP) is 1.50.